The fourth-order valence-corrected chi connectivity index (χ4v) is 8.66. The number of fused-ring (bicyclic) bond motifs is 11. The number of benzene rings is 7. The summed E-state index contributed by atoms with van der Waals surface area (Å²) in [7, 11) is 0. The maximum absolute atomic E-state index is 6.66. The molecule has 0 bridgehead atoms. The SMILES string of the molecule is Cc1ccc(N2B3c4cc5cc(-c6ccccc6)oc5cc4-n4c5c3c(cc(C)c5c3ccc5ccccc5c34)-c3ccccc32)cc1. The van der Waals surface area contributed by atoms with E-state index in [0.717, 1.165) is 22.3 Å². The van der Waals surface area contributed by atoms with Crippen LogP contribution in [0, 0.1) is 13.8 Å². The minimum absolute atomic E-state index is 0.0294. The van der Waals surface area contributed by atoms with Crippen LogP contribution in [-0.4, -0.2) is 11.4 Å². The van der Waals surface area contributed by atoms with Gasteiger partial charge in [-0.25, -0.2) is 0 Å². The minimum Gasteiger partial charge on any atom is -0.456 e. The van der Waals surface area contributed by atoms with Gasteiger partial charge in [0.1, 0.15) is 11.3 Å². The van der Waals surface area contributed by atoms with Crippen molar-refractivity contribution in [2.24, 2.45) is 0 Å². The van der Waals surface area contributed by atoms with E-state index < -0.39 is 0 Å². The maximum Gasteiger partial charge on any atom is 0.333 e. The van der Waals surface area contributed by atoms with Crippen molar-refractivity contribution in [3.05, 3.63) is 151 Å². The molecule has 0 N–H and O–H groups in total. The van der Waals surface area contributed by atoms with Gasteiger partial charge in [0.25, 0.3) is 0 Å². The van der Waals surface area contributed by atoms with Gasteiger partial charge >= 0.3 is 6.85 Å². The summed E-state index contributed by atoms with van der Waals surface area (Å²) in [5.74, 6) is 0.888. The van der Waals surface area contributed by atoms with Crippen molar-refractivity contribution in [3.63, 3.8) is 0 Å². The van der Waals surface area contributed by atoms with Gasteiger partial charge in [0.05, 0.1) is 11.0 Å². The molecule has 4 heterocycles. The maximum atomic E-state index is 6.66. The molecule has 7 aromatic carbocycles. The van der Waals surface area contributed by atoms with Crippen LogP contribution in [0.3, 0.4) is 0 Å². The third-order valence-corrected chi connectivity index (χ3v) is 10.7. The summed E-state index contributed by atoms with van der Waals surface area (Å²) >= 11 is 0. The van der Waals surface area contributed by atoms with E-state index in [0.29, 0.717) is 0 Å². The van der Waals surface area contributed by atoms with Crippen LogP contribution >= 0.6 is 0 Å². The number of aryl methyl sites for hydroxylation is 2. The van der Waals surface area contributed by atoms with Gasteiger partial charge in [-0.1, -0.05) is 115 Å². The lowest BCUT2D eigenvalue weighted by Crippen LogP contribution is -2.60. The Hall–Kier alpha value is -6.00. The van der Waals surface area contributed by atoms with Crippen LogP contribution in [0.25, 0.3) is 71.7 Å². The fraction of sp³-hybridized carbons (Fsp3) is 0.0455. The highest BCUT2D eigenvalue weighted by Crippen LogP contribution is 2.47. The van der Waals surface area contributed by atoms with E-state index in [1.54, 1.807) is 0 Å². The summed E-state index contributed by atoms with van der Waals surface area (Å²) in [5, 5.41) is 6.25. The second kappa shape index (κ2) is 9.30. The summed E-state index contributed by atoms with van der Waals surface area (Å²) in [5.41, 5.74) is 15.9. The number of anilines is 2. The van der Waals surface area contributed by atoms with Crippen LogP contribution in [0.2, 0.25) is 0 Å². The van der Waals surface area contributed by atoms with Crippen LogP contribution in [0.1, 0.15) is 11.1 Å². The molecule has 4 heteroatoms. The molecule has 0 radical (unpaired) electrons. The largest absolute Gasteiger partial charge is 0.456 e. The molecular weight excluding hydrogens is 583 g/mol. The van der Waals surface area contributed by atoms with Crippen molar-refractivity contribution >= 4 is 72.7 Å². The van der Waals surface area contributed by atoms with Gasteiger partial charge in [-0.05, 0) is 65.6 Å². The molecule has 0 saturated heterocycles. The number of furan rings is 1. The zero-order valence-corrected chi connectivity index (χ0v) is 26.7. The Kier molecular flexibility index (Phi) is 5.06. The minimum atomic E-state index is -0.0294. The standard InChI is InChI=1S/C44H29BN2O/c1-26-16-19-31(20-17-26)47-37-15-9-8-14-33(37)35-22-27(2)41-34-21-18-28-10-6-7-13-32(28)43(34)46-38-25-40-30(23-36(38)45(47)42(35)44(41)46)24-39(48-40)29-11-4-3-5-12-29/h3-25H,1-2H3. The predicted octanol–water partition coefficient (Wildman–Crippen LogP) is 10.2. The van der Waals surface area contributed by atoms with Gasteiger partial charge in [-0.15, -0.1) is 0 Å². The number of nitrogens with zero attached hydrogens (tertiary/aromatic N) is 2. The Labute approximate surface area is 278 Å². The molecule has 0 spiro atoms. The first-order valence-electron chi connectivity index (χ1n) is 16.7. The second-order valence-electron chi connectivity index (χ2n) is 13.4. The molecule has 0 saturated carbocycles. The van der Waals surface area contributed by atoms with E-state index >= 15 is 0 Å². The lowest BCUT2D eigenvalue weighted by molar-refractivity contribution is 0.631. The first kappa shape index (κ1) is 26.1. The van der Waals surface area contributed by atoms with Crippen LogP contribution in [-0.2, 0) is 0 Å². The highest BCUT2D eigenvalue weighted by molar-refractivity contribution is 6.94. The van der Waals surface area contributed by atoms with Crippen LogP contribution < -0.4 is 15.7 Å². The van der Waals surface area contributed by atoms with E-state index in [1.165, 1.54) is 82.8 Å². The predicted molar refractivity (Wildman–Crippen MR) is 202 cm³/mol. The number of para-hydroxylation sites is 1. The quantitative estimate of drug-likeness (QED) is 0.181. The Bertz CT molecular complexity index is 2810. The molecule has 0 aliphatic carbocycles. The van der Waals surface area contributed by atoms with Crippen molar-refractivity contribution in [2.45, 2.75) is 13.8 Å². The Morgan fingerprint density at radius 3 is 2.25 bits per heavy atom. The highest BCUT2D eigenvalue weighted by Gasteiger charge is 2.44. The molecular formula is C44H29BN2O. The molecule has 0 fully saturated rings. The van der Waals surface area contributed by atoms with E-state index in [4.69, 9.17) is 4.42 Å². The highest BCUT2D eigenvalue weighted by atomic mass is 16.3. The lowest BCUT2D eigenvalue weighted by Gasteiger charge is -2.42. The fourth-order valence-electron chi connectivity index (χ4n) is 8.66. The topological polar surface area (TPSA) is 21.3 Å². The molecule has 0 unspecified atom stereocenters. The van der Waals surface area contributed by atoms with Crippen molar-refractivity contribution in [1.29, 1.82) is 0 Å². The van der Waals surface area contributed by atoms with Crippen molar-refractivity contribution in [1.82, 2.24) is 4.57 Å². The van der Waals surface area contributed by atoms with Gasteiger partial charge in [-0.2, -0.15) is 0 Å². The Balaban J connectivity index is 1.35. The van der Waals surface area contributed by atoms with Crippen molar-refractivity contribution in [2.75, 3.05) is 4.81 Å². The van der Waals surface area contributed by atoms with Gasteiger partial charge in [-0.3, -0.25) is 0 Å². The van der Waals surface area contributed by atoms with Crippen LogP contribution in [0.5, 0.6) is 0 Å². The zero-order chi connectivity index (χ0) is 31.7. The molecule has 3 nitrogen and oxygen atoms in total. The van der Waals surface area contributed by atoms with E-state index in [2.05, 4.69) is 163 Å². The molecule has 2 aliphatic rings. The molecule has 9 aromatic rings. The van der Waals surface area contributed by atoms with Crippen molar-refractivity contribution in [3.8, 4) is 28.1 Å². The molecule has 0 atom stereocenters. The molecule has 2 aromatic heterocycles. The Morgan fingerprint density at radius 2 is 1.38 bits per heavy atom. The normalized spacial score (nSPS) is 13.1. The Morgan fingerprint density at radius 1 is 0.583 bits per heavy atom. The average Bonchev–Trinajstić information content (AvgIpc) is 3.71. The van der Waals surface area contributed by atoms with E-state index in [9.17, 15) is 0 Å². The number of hydrogen-bond acceptors (Lipinski definition) is 2. The van der Waals surface area contributed by atoms with Crippen LogP contribution in [0.15, 0.2) is 144 Å². The summed E-state index contributed by atoms with van der Waals surface area (Å²) < 4.78 is 9.23. The molecule has 2 aliphatic heterocycles. The lowest BCUT2D eigenvalue weighted by atomic mass is 9.44. The first-order chi connectivity index (χ1) is 23.6. The number of hydrogen-bond donors (Lipinski definition) is 0. The van der Waals surface area contributed by atoms with Gasteiger partial charge in [0, 0.05) is 55.8 Å². The van der Waals surface area contributed by atoms with E-state index in [1.807, 2.05) is 0 Å². The summed E-state index contributed by atoms with van der Waals surface area (Å²) in [6, 6.07) is 51.2. The van der Waals surface area contributed by atoms with Gasteiger partial charge < -0.3 is 13.8 Å². The van der Waals surface area contributed by atoms with Gasteiger partial charge in [0.15, 0.2) is 0 Å². The third kappa shape index (κ3) is 3.34. The van der Waals surface area contributed by atoms with Crippen molar-refractivity contribution < 1.29 is 4.42 Å². The zero-order valence-electron chi connectivity index (χ0n) is 26.7. The average molecular weight is 613 g/mol. The first-order valence-corrected chi connectivity index (χ1v) is 16.7. The molecule has 11 rings (SSSR count). The van der Waals surface area contributed by atoms with Gasteiger partial charge in [0.2, 0.25) is 0 Å². The second-order valence-corrected chi connectivity index (χ2v) is 13.4. The third-order valence-electron chi connectivity index (χ3n) is 10.7. The van der Waals surface area contributed by atoms with Crippen LogP contribution in [0.4, 0.5) is 11.4 Å². The summed E-state index contributed by atoms with van der Waals surface area (Å²) in [6.45, 7) is 4.42. The molecule has 48 heavy (non-hydrogen) atoms. The summed E-state index contributed by atoms with van der Waals surface area (Å²) in [4.78, 5) is 2.58. The monoisotopic (exact) mass is 612 g/mol. The number of aromatic nitrogens is 1. The molecule has 0 amide bonds. The summed E-state index contributed by atoms with van der Waals surface area (Å²) in [6.07, 6.45) is 0. The molecule has 224 valence electrons. The van der Waals surface area contributed by atoms with E-state index in [-0.39, 0.29) is 6.85 Å². The smallest absolute Gasteiger partial charge is 0.333 e. The number of rotatable bonds is 2.